The molecule has 0 aromatic heterocycles. The first-order chi connectivity index (χ1) is 10.7. The molecule has 2 rings (SSSR count). The number of rotatable bonds is 8. The van der Waals surface area contributed by atoms with Crippen LogP contribution in [0.25, 0.3) is 0 Å². The molecule has 4 heteroatoms. The van der Waals surface area contributed by atoms with E-state index in [-0.39, 0.29) is 5.52 Å². The largest absolute Gasteiger partial charge is 0.330 e. The minimum atomic E-state index is -1.07. The molecule has 0 aliphatic carbocycles. The summed E-state index contributed by atoms with van der Waals surface area (Å²) in [6.45, 7) is 0.646. The van der Waals surface area contributed by atoms with Crippen molar-refractivity contribution in [2.24, 2.45) is 11.5 Å². The van der Waals surface area contributed by atoms with E-state index >= 15 is 0 Å². The Morgan fingerprint density at radius 3 is 1.86 bits per heavy atom. The zero-order chi connectivity index (χ0) is 15.8. The molecule has 0 aliphatic heterocycles. The first-order valence-electron chi connectivity index (χ1n) is 7.63. The van der Waals surface area contributed by atoms with Gasteiger partial charge in [0.05, 0.1) is 6.04 Å². The van der Waals surface area contributed by atoms with Crippen LogP contribution in [0.15, 0.2) is 60.7 Å². The maximum absolute atomic E-state index is 12.9. The lowest BCUT2D eigenvalue weighted by Crippen LogP contribution is -2.34. The van der Waals surface area contributed by atoms with Crippen molar-refractivity contribution in [3.8, 4) is 0 Å². The van der Waals surface area contributed by atoms with E-state index in [4.69, 9.17) is 11.5 Å². The average Bonchev–Trinajstić information content (AvgIpc) is 2.57. The maximum Gasteiger partial charge on any atom is 0.179 e. The lowest BCUT2D eigenvalue weighted by Gasteiger charge is -2.21. The van der Waals surface area contributed by atoms with E-state index in [9.17, 15) is 4.79 Å². The molecule has 0 spiro atoms. The van der Waals surface area contributed by atoms with Gasteiger partial charge in [0.1, 0.15) is 0 Å². The van der Waals surface area contributed by atoms with E-state index in [2.05, 4.69) is 0 Å². The molecule has 2 aromatic carbocycles. The molecule has 0 fully saturated rings. The molecular weight excluding hydrogens is 291 g/mol. The number of hydrogen-bond acceptors (Lipinski definition) is 3. The minimum absolute atomic E-state index is 0.143. The van der Waals surface area contributed by atoms with Crippen molar-refractivity contribution in [3.05, 3.63) is 60.7 Å². The molecule has 0 bridgehead atoms. The number of hydrogen-bond donors (Lipinski definition) is 2. The predicted molar refractivity (Wildman–Crippen MR) is 95.0 cm³/mol. The number of unbranched alkanes of at least 4 members (excludes halogenated alkanes) is 1. The maximum atomic E-state index is 12.9. The van der Waals surface area contributed by atoms with E-state index in [1.54, 1.807) is 0 Å². The SMILES string of the molecule is NCCCC[C@H](N)C(=O)P(c1ccccc1)c1ccccc1. The van der Waals surface area contributed by atoms with Gasteiger partial charge in [-0.15, -0.1) is 0 Å². The molecule has 0 aliphatic rings. The fourth-order valence-corrected chi connectivity index (χ4v) is 4.56. The van der Waals surface area contributed by atoms with Crippen molar-refractivity contribution in [2.75, 3.05) is 6.54 Å². The lowest BCUT2D eigenvalue weighted by molar-refractivity contribution is -0.112. The summed E-state index contributed by atoms with van der Waals surface area (Å²) >= 11 is 0. The van der Waals surface area contributed by atoms with Crippen molar-refractivity contribution in [1.29, 1.82) is 0 Å². The van der Waals surface area contributed by atoms with Gasteiger partial charge in [-0.05, 0) is 30.0 Å². The summed E-state index contributed by atoms with van der Waals surface area (Å²) in [7, 11) is -1.07. The van der Waals surface area contributed by atoms with Crippen LogP contribution in [-0.2, 0) is 4.79 Å². The summed E-state index contributed by atoms with van der Waals surface area (Å²) in [5.41, 5.74) is 11.8. The molecule has 0 amide bonds. The Balaban J connectivity index is 2.23. The first-order valence-corrected chi connectivity index (χ1v) is 8.98. The Hall–Kier alpha value is -1.54. The number of carbonyl (C=O) groups excluding carboxylic acids is 1. The lowest BCUT2D eigenvalue weighted by atomic mass is 10.1. The molecule has 0 heterocycles. The fourth-order valence-electron chi connectivity index (χ4n) is 2.36. The van der Waals surface area contributed by atoms with Gasteiger partial charge in [-0.25, -0.2) is 0 Å². The van der Waals surface area contributed by atoms with Crippen LogP contribution in [0.2, 0.25) is 0 Å². The molecule has 1 atom stereocenters. The van der Waals surface area contributed by atoms with Crippen LogP contribution in [-0.4, -0.2) is 18.1 Å². The van der Waals surface area contributed by atoms with Crippen molar-refractivity contribution >= 4 is 24.1 Å². The van der Waals surface area contributed by atoms with Gasteiger partial charge in [-0.2, -0.15) is 0 Å². The van der Waals surface area contributed by atoms with Crippen LogP contribution in [0.3, 0.4) is 0 Å². The Bertz CT molecular complexity index is 535. The monoisotopic (exact) mass is 314 g/mol. The molecule has 2 aromatic rings. The van der Waals surface area contributed by atoms with Crippen molar-refractivity contribution in [1.82, 2.24) is 0 Å². The van der Waals surface area contributed by atoms with Crippen LogP contribution < -0.4 is 22.1 Å². The molecule has 0 unspecified atom stereocenters. The quantitative estimate of drug-likeness (QED) is 0.579. The van der Waals surface area contributed by atoms with Gasteiger partial charge in [-0.1, -0.05) is 67.1 Å². The molecule has 22 heavy (non-hydrogen) atoms. The normalized spacial score (nSPS) is 12.3. The van der Waals surface area contributed by atoms with Gasteiger partial charge >= 0.3 is 0 Å². The van der Waals surface area contributed by atoms with Crippen molar-refractivity contribution in [2.45, 2.75) is 25.3 Å². The summed E-state index contributed by atoms with van der Waals surface area (Å²) in [5, 5.41) is 2.12. The summed E-state index contributed by atoms with van der Waals surface area (Å²) in [6, 6.07) is 19.5. The number of carbonyl (C=O) groups is 1. The van der Waals surface area contributed by atoms with Gasteiger partial charge in [-0.3, -0.25) is 4.79 Å². The van der Waals surface area contributed by atoms with Crippen LogP contribution >= 0.6 is 7.92 Å². The standard InChI is InChI=1S/C18H23N2OP/c19-14-8-7-13-17(20)18(21)22(15-9-3-1-4-10-15)16-11-5-2-6-12-16/h1-6,9-12,17H,7-8,13-14,19-20H2/t17-/m0/s1. The highest BCUT2D eigenvalue weighted by atomic mass is 31.1. The summed E-state index contributed by atoms with van der Waals surface area (Å²) in [4.78, 5) is 12.9. The highest BCUT2D eigenvalue weighted by Crippen LogP contribution is 2.36. The second-order valence-electron chi connectivity index (χ2n) is 5.24. The van der Waals surface area contributed by atoms with Crippen LogP contribution in [0.5, 0.6) is 0 Å². The van der Waals surface area contributed by atoms with E-state index < -0.39 is 14.0 Å². The van der Waals surface area contributed by atoms with E-state index in [1.807, 2.05) is 60.7 Å². The average molecular weight is 314 g/mol. The second-order valence-corrected chi connectivity index (χ2v) is 7.38. The zero-order valence-corrected chi connectivity index (χ0v) is 13.6. The molecule has 4 N–H and O–H groups in total. The predicted octanol–water partition coefficient (Wildman–Crippen LogP) is 2.10. The van der Waals surface area contributed by atoms with Gasteiger partial charge in [0.15, 0.2) is 5.52 Å². The molecule has 0 radical (unpaired) electrons. The molecular formula is C18H23N2OP. The molecule has 0 saturated heterocycles. The second kappa shape index (κ2) is 8.79. The highest BCUT2D eigenvalue weighted by Gasteiger charge is 2.26. The number of nitrogens with two attached hydrogens (primary N) is 2. The summed E-state index contributed by atoms with van der Waals surface area (Å²) in [5.74, 6) is 0. The molecule has 0 saturated carbocycles. The Morgan fingerprint density at radius 1 is 0.909 bits per heavy atom. The minimum Gasteiger partial charge on any atom is -0.330 e. The fraction of sp³-hybridized carbons (Fsp3) is 0.278. The smallest absolute Gasteiger partial charge is 0.179 e. The third-order valence-corrected chi connectivity index (χ3v) is 5.94. The van der Waals surface area contributed by atoms with Gasteiger partial charge in [0, 0.05) is 7.92 Å². The van der Waals surface area contributed by atoms with Gasteiger partial charge in [0.2, 0.25) is 0 Å². The Kier molecular flexibility index (Phi) is 6.73. The number of benzene rings is 2. The van der Waals surface area contributed by atoms with Crippen LogP contribution in [0, 0.1) is 0 Å². The third-order valence-electron chi connectivity index (χ3n) is 3.54. The zero-order valence-electron chi connectivity index (χ0n) is 12.7. The van der Waals surface area contributed by atoms with E-state index in [1.165, 1.54) is 0 Å². The van der Waals surface area contributed by atoms with Gasteiger partial charge in [0.25, 0.3) is 0 Å². The Morgan fingerprint density at radius 2 is 1.41 bits per heavy atom. The molecule has 116 valence electrons. The Labute approximate surface area is 133 Å². The summed E-state index contributed by atoms with van der Waals surface area (Å²) < 4.78 is 0. The van der Waals surface area contributed by atoms with Gasteiger partial charge < -0.3 is 11.5 Å². The van der Waals surface area contributed by atoms with Crippen molar-refractivity contribution in [3.63, 3.8) is 0 Å². The summed E-state index contributed by atoms with van der Waals surface area (Å²) in [6.07, 6.45) is 2.51. The topological polar surface area (TPSA) is 69.1 Å². The van der Waals surface area contributed by atoms with Crippen LogP contribution in [0.1, 0.15) is 19.3 Å². The van der Waals surface area contributed by atoms with E-state index in [0.717, 1.165) is 23.5 Å². The van der Waals surface area contributed by atoms with E-state index in [0.29, 0.717) is 13.0 Å². The third kappa shape index (κ3) is 4.48. The van der Waals surface area contributed by atoms with Crippen LogP contribution in [0.4, 0.5) is 0 Å². The molecule has 3 nitrogen and oxygen atoms in total. The highest BCUT2D eigenvalue weighted by molar-refractivity contribution is 7.87. The first kappa shape index (κ1) is 16.8. The van der Waals surface area contributed by atoms with Crippen molar-refractivity contribution < 1.29 is 4.79 Å².